The summed E-state index contributed by atoms with van der Waals surface area (Å²) in [5.74, 6) is 2.09. The third-order valence-electron chi connectivity index (χ3n) is 4.40. The molecular weight excluding hydrogens is 262 g/mol. The van der Waals surface area contributed by atoms with E-state index in [9.17, 15) is 0 Å². The molecule has 2 aromatic heterocycles. The van der Waals surface area contributed by atoms with Crippen LogP contribution in [0.25, 0.3) is 11.3 Å². The van der Waals surface area contributed by atoms with Gasteiger partial charge in [-0.05, 0) is 43.0 Å². The molecule has 5 heteroatoms. The first-order valence-corrected chi connectivity index (χ1v) is 7.60. The molecule has 0 aromatic carbocycles. The molecule has 21 heavy (non-hydrogen) atoms. The standard InChI is InChI=1S/C16H19N5/c1-20-9-6-12-10-13(11-17-16(12)20)14-4-5-15(19-18-14)21-7-2-3-8-21/h4-5,10-11H,2-3,6-9H2,1H3. The Morgan fingerprint density at radius 3 is 2.67 bits per heavy atom. The van der Waals surface area contributed by atoms with E-state index in [-0.39, 0.29) is 0 Å². The zero-order chi connectivity index (χ0) is 14.2. The average Bonchev–Trinajstić information content (AvgIpc) is 3.18. The van der Waals surface area contributed by atoms with Crippen molar-refractivity contribution in [1.82, 2.24) is 15.2 Å². The van der Waals surface area contributed by atoms with Crippen LogP contribution in [0.4, 0.5) is 11.6 Å². The lowest BCUT2D eigenvalue weighted by molar-refractivity contribution is 0.896. The molecule has 2 aromatic rings. The average molecular weight is 281 g/mol. The van der Waals surface area contributed by atoms with E-state index in [4.69, 9.17) is 0 Å². The molecule has 0 saturated carbocycles. The molecule has 0 atom stereocenters. The van der Waals surface area contributed by atoms with E-state index in [1.807, 2.05) is 6.20 Å². The van der Waals surface area contributed by atoms with Gasteiger partial charge < -0.3 is 9.80 Å². The van der Waals surface area contributed by atoms with Gasteiger partial charge >= 0.3 is 0 Å². The minimum atomic E-state index is 0.905. The number of hydrogen-bond acceptors (Lipinski definition) is 5. The molecule has 2 aliphatic heterocycles. The van der Waals surface area contributed by atoms with Crippen molar-refractivity contribution in [2.24, 2.45) is 0 Å². The molecule has 5 nitrogen and oxygen atoms in total. The monoisotopic (exact) mass is 281 g/mol. The smallest absolute Gasteiger partial charge is 0.151 e. The van der Waals surface area contributed by atoms with Gasteiger partial charge in [-0.15, -0.1) is 10.2 Å². The molecule has 0 aliphatic carbocycles. The summed E-state index contributed by atoms with van der Waals surface area (Å²) < 4.78 is 0. The van der Waals surface area contributed by atoms with Gasteiger partial charge in [0.05, 0.1) is 5.69 Å². The summed E-state index contributed by atoms with van der Waals surface area (Å²) in [7, 11) is 2.09. The van der Waals surface area contributed by atoms with Crippen molar-refractivity contribution in [1.29, 1.82) is 0 Å². The highest BCUT2D eigenvalue weighted by Crippen LogP contribution is 2.28. The quantitative estimate of drug-likeness (QED) is 0.844. The van der Waals surface area contributed by atoms with E-state index in [1.54, 1.807) is 0 Å². The number of anilines is 2. The van der Waals surface area contributed by atoms with Crippen LogP contribution >= 0.6 is 0 Å². The SMILES string of the molecule is CN1CCc2cc(-c3ccc(N4CCCC4)nn3)cnc21. The number of likely N-dealkylation sites (N-methyl/N-ethyl adjacent to an activating group) is 1. The Morgan fingerprint density at radius 2 is 1.90 bits per heavy atom. The molecule has 108 valence electrons. The summed E-state index contributed by atoms with van der Waals surface area (Å²) in [5, 5.41) is 8.78. The fourth-order valence-corrected chi connectivity index (χ4v) is 3.16. The first-order valence-electron chi connectivity index (χ1n) is 7.60. The third-order valence-corrected chi connectivity index (χ3v) is 4.40. The second kappa shape index (κ2) is 4.98. The summed E-state index contributed by atoms with van der Waals surface area (Å²) in [6.07, 6.45) is 5.48. The van der Waals surface area contributed by atoms with Crippen molar-refractivity contribution in [3.05, 3.63) is 30.0 Å². The van der Waals surface area contributed by atoms with Gasteiger partial charge in [0.25, 0.3) is 0 Å². The van der Waals surface area contributed by atoms with Gasteiger partial charge in [-0.1, -0.05) is 0 Å². The zero-order valence-corrected chi connectivity index (χ0v) is 12.3. The highest BCUT2D eigenvalue weighted by atomic mass is 15.3. The number of aromatic nitrogens is 3. The van der Waals surface area contributed by atoms with Crippen LogP contribution in [-0.4, -0.2) is 41.9 Å². The lowest BCUT2D eigenvalue weighted by atomic mass is 10.1. The molecule has 0 amide bonds. The summed E-state index contributed by atoms with van der Waals surface area (Å²) in [4.78, 5) is 9.06. The van der Waals surface area contributed by atoms with Gasteiger partial charge in [0.2, 0.25) is 0 Å². The van der Waals surface area contributed by atoms with Crippen molar-refractivity contribution in [2.75, 3.05) is 36.5 Å². The molecule has 1 fully saturated rings. The second-order valence-corrected chi connectivity index (χ2v) is 5.85. The van der Waals surface area contributed by atoms with Crippen molar-refractivity contribution in [3.8, 4) is 11.3 Å². The molecule has 0 spiro atoms. The first kappa shape index (κ1) is 12.6. The van der Waals surface area contributed by atoms with Crippen LogP contribution in [0.1, 0.15) is 18.4 Å². The van der Waals surface area contributed by atoms with E-state index in [1.165, 1.54) is 18.4 Å². The van der Waals surface area contributed by atoms with Crippen LogP contribution in [0.3, 0.4) is 0 Å². The van der Waals surface area contributed by atoms with E-state index < -0.39 is 0 Å². The summed E-state index contributed by atoms with van der Waals surface area (Å²) in [5.41, 5.74) is 3.27. The highest BCUT2D eigenvalue weighted by molar-refractivity contribution is 5.64. The third kappa shape index (κ3) is 2.22. The molecule has 0 N–H and O–H groups in total. The van der Waals surface area contributed by atoms with Crippen molar-refractivity contribution in [2.45, 2.75) is 19.3 Å². The van der Waals surface area contributed by atoms with E-state index >= 15 is 0 Å². The minimum Gasteiger partial charge on any atom is -0.359 e. The number of hydrogen-bond donors (Lipinski definition) is 0. The molecular formula is C16H19N5. The Hall–Kier alpha value is -2.17. The van der Waals surface area contributed by atoms with Crippen LogP contribution in [0.5, 0.6) is 0 Å². The predicted octanol–water partition coefficient (Wildman–Crippen LogP) is 2.13. The molecule has 0 radical (unpaired) electrons. The normalized spacial score (nSPS) is 17.4. The fourth-order valence-electron chi connectivity index (χ4n) is 3.16. The number of fused-ring (bicyclic) bond motifs is 1. The maximum atomic E-state index is 4.56. The van der Waals surface area contributed by atoms with Crippen LogP contribution in [0, 0.1) is 0 Å². The Balaban J connectivity index is 1.61. The number of rotatable bonds is 2. The Bertz CT molecular complexity index is 646. The lowest BCUT2D eigenvalue weighted by Crippen LogP contribution is -2.19. The topological polar surface area (TPSA) is 45.2 Å². The Labute approximate surface area is 124 Å². The van der Waals surface area contributed by atoms with Crippen molar-refractivity contribution in [3.63, 3.8) is 0 Å². The fraction of sp³-hybridized carbons (Fsp3) is 0.438. The van der Waals surface area contributed by atoms with Gasteiger partial charge in [0.1, 0.15) is 5.82 Å². The van der Waals surface area contributed by atoms with Crippen molar-refractivity contribution < 1.29 is 0 Å². The van der Waals surface area contributed by atoms with Crippen LogP contribution < -0.4 is 9.80 Å². The largest absolute Gasteiger partial charge is 0.359 e. The minimum absolute atomic E-state index is 0.905. The lowest BCUT2D eigenvalue weighted by Gasteiger charge is -2.15. The van der Waals surface area contributed by atoms with Gasteiger partial charge in [-0.2, -0.15) is 0 Å². The van der Waals surface area contributed by atoms with E-state index in [0.29, 0.717) is 0 Å². The molecule has 0 unspecified atom stereocenters. The van der Waals surface area contributed by atoms with Crippen molar-refractivity contribution >= 4 is 11.6 Å². The first-order chi connectivity index (χ1) is 10.3. The zero-order valence-electron chi connectivity index (χ0n) is 12.3. The van der Waals surface area contributed by atoms with Gasteiger partial charge in [0, 0.05) is 38.4 Å². The van der Waals surface area contributed by atoms with Gasteiger partial charge in [-0.3, -0.25) is 0 Å². The molecule has 0 bridgehead atoms. The second-order valence-electron chi connectivity index (χ2n) is 5.85. The maximum Gasteiger partial charge on any atom is 0.151 e. The van der Waals surface area contributed by atoms with E-state index in [0.717, 1.165) is 48.9 Å². The van der Waals surface area contributed by atoms with Crippen LogP contribution in [-0.2, 0) is 6.42 Å². The molecule has 4 rings (SSSR count). The Morgan fingerprint density at radius 1 is 1.05 bits per heavy atom. The predicted molar refractivity (Wildman–Crippen MR) is 83.7 cm³/mol. The molecule has 2 aliphatic rings. The maximum absolute atomic E-state index is 4.56. The summed E-state index contributed by atoms with van der Waals surface area (Å²) in [6, 6.07) is 6.33. The summed E-state index contributed by atoms with van der Waals surface area (Å²) >= 11 is 0. The highest BCUT2D eigenvalue weighted by Gasteiger charge is 2.18. The summed E-state index contributed by atoms with van der Waals surface area (Å²) in [6.45, 7) is 3.24. The molecule has 4 heterocycles. The van der Waals surface area contributed by atoms with Gasteiger partial charge in [0.15, 0.2) is 5.82 Å². The Kier molecular flexibility index (Phi) is 2.98. The molecule has 1 saturated heterocycles. The van der Waals surface area contributed by atoms with Crippen LogP contribution in [0.15, 0.2) is 24.4 Å². The number of pyridine rings is 1. The van der Waals surface area contributed by atoms with E-state index in [2.05, 4.69) is 50.2 Å². The van der Waals surface area contributed by atoms with Crippen LogP contribution in [0.2, 0.25) is 0 Å². The number of nitrogens with zero attached hydrogens (tertiary/aromatic N) is 5. The van der Waals surface area contributed by atoms with Gasteiger partial charge in [-0.25, -0.2) is 4.98 Å².